The number of rotatable bonds is 0. The number of benzene rings is 1. The molecule has 0 saturated heterocycles. The van der Waals surface area contributed by atoms with E-state index in [1.165, 1.54) is 12.1 Å². The molecule has 1 aromatic carbocycles. The summed E-state index contributed by atoms with van der Waals surface area (Å²) >= 11 is 0. The Morgan fingerprint density at radius 2 is 1.88 bits per heavy atom. The number of hydrogen-bond donors (Lipinski definition) is 1. The van der Waals surface area contributed by atoms with E-state index >= 15 is 0 Å². The Morgan fingerprint density at radius 3 is 2.50 bits per heavy atom. The molecule has 0 aliphatic heterocycles. The molecule has 0 saturated carbocycles. The predicted octanol–water partition coefficient (Wildman–Crippen LogP) is 2.07. The third kappa shape index (κ3) is 1.62. The minimum absolute atomic E-state index is 0.0881. The summed E-state index contributed by atoms with van der Waals surface area (Å²) in [4.78, 5) is 0. The molecule has 0 atom stereocenters. The van der Waals surface area contributed by atoms with E-state index in [0.717, 1.165) is 18.3 Å². The summed E-state index contributed by atoms with van der Waals surface area (Å²) in [5.74, 6) is 0. The van der Waals surface area contributed by atoms with Gasteiger partial charge in [0.25, 0.3) is 0 Å². The number of aromatic nitrogens is 1. The zero-order chi connectivity index (χ0) is 11.9. The van der Waals surface area contributed by atoms with Gasteiger partial charge in [0.05, 0.1) is 16.6 Å². The largest absolute Gasteiger partial charge is 0.618 e. The molecule has 0 fully saturated rings. The maximum atomic E-state index is 12.4. The second kappa shape index (κ2) is 3.26. The fourth-order valence-corrected chi connectivity index (χ4v) is 1.45. The van der Waals surface area contributed by atoms with Crippen molar-refractivity contribution in [2.45, 2.75) is 6.18 Å². The first-order valence-corrected chi connectivity index (χ1v) is 4.38. The topological polar surface area (TPSA) is 53.0 Å². The van der Waals surface area contributed by atoms with E-state index in [9.17, 15) is 18.4 Å². The second-order valence-electron chi connectivity index (χ2n) is 3.33. The normalized spacial score (nSPS) is 11.9. The van der Waals surface area contributed by atoms with E-state index in [1.807, 2.05) is 0 Å². The number of alkyl halides is 3. The van der Waals surface area contributed by atoms with Crippen molar-refractivity contribution in [2.24, 2.45) is 0 Å². The molecule has 0 bridgehead atoms. The minimum atomic E-state index is -4.47. The van der Waals surface area contributed by atoms with Gasteiger partial charge in [-0.05, 0) is 12.1 Å². The van der Waals surface area contributed by atoms with Gasteiger partial charge < -0.3 is 10.9 Å². The highest BCUT2D eigenvalue weighted by Crippen LogP contribution is 2.31. The monoisotopic (exact) mass is 228 g/mol. The van der Waals surface area contributed by atoms with E-state index < -0.39 is 11.7 Å². The van der Waals surface area contributed by atoms with Crippen LogP contribution in [-0.2, 0) is 6.18 Å². The predicted molar refractivity (Wildman–Crippen MR) is 52.3 cm³/mol. The standard InChI is InChI=1S/C10H7F3N2O/c11-10(12,13)6-1-2-7-8(14)3-4-15(16)9(7)5-6/h1-5H,14H2. The van der Waals surface area contributed by atoms with Gasteiger partial charge in [-0.25, -0.2) is 0 Å². The average molecular weight is 228 g/mol. The molecule has 1 aromatic heterocycles. The molecule has 84 valence electrons. The molecular formula is C10H7F3N2O. The highest BCUT2D eigenvalue weighted by Gasteiger charge is 2.31. The summed E-state index contributed by atoms with van der Waals surface area (Å²) in [5.41, 5.74) is 4.87. The zero-order valence-electron chi connectivity index (χ0n) is 7.95. The van der Waals surface area contributed by atoms with Crippen LogP contribution in [0.5, 0.6) is 0 Å². The Hall–Kier alpha value is -1.98. The van der Waals surface area contributed by atoms with Gasteiger partial charge in [0.2, 0.25) is 5.52 Å². The molecule has 0 radical (unpaired) electrons. The highest BCUT2D eigenvalue weighted by molar-refractivity contribution is 5.88. The van der Waals surface area contributed by atoms with Crippen molar-refractivity contribution in [2.75, 3.05) is 5.73 Å². The van der Waals surface area contributed by atoms with Crippen LogP contribution in [0, 0.1) is 5.21 Å². The number of hydrogen-bond acceptors (Lipinski definition) is 2. The lowest BCUT2D eigenvalue weighted by molar-refractivity contribution is -0.576. The first-order chi connectivity index (χ1) is 7.39. The van der Waals surface area contributed by atoms with Crippen LogP contribution in [0.1, 0.15) is 5.56 Å². The zero-order valence-corrected chi connectivity index (χ0v) is 7.95. The first kappa shape index (κ1) is 10.5. The van der Waals surface area contributed by atoms with E-state index in [0.29, 0.717) is 10.1 Å². The first-order valence-electron chi connectivity index (χ1n) is 4.38. The van der Waals surface area contributed by atoms with Crippen molar-refractivity contribution < 1.29 is 17.9 Å². The maximum Gasteiger partial charge on any atom is 0.416 e. The second-order valence-corrected chi connectivity index (χ2v) is 3.33. The Kier molecular flexibility index (Phi) is 2.15. The number of nitrogens with two attached hydrogens (primary N) is 1. The van der Waals surface area contributed by atoms with E-state index in [4.69, 9.17) is 5.73 Å². The third-order valence-corrected chi connectivity index (χ3v) is 2.26. The Morgan fingerprint density at radius 1 is 1.19 bits per heavy atom. The van der Waals surface area contributed by atoms with Gasteiger partial charge in [0, 0.05) is 12.1 Å². The van der Waals surface area contributed by atoms with Crippen LogP contribution in [0.2, 0.25) is 0 Å². The lowest BCUT2D eigenvalue weighted by atomic mass is 10.1. The third-order valence-electron chi connectivity index (χ3n) is 2.26. The summed E-state index contributed by atoms with van der Waals surface area (Å²) in [6.45, 7) is 0. The molecule has 0 amide bonds. The van der Waals surface area contributed by atoms with Gasteiger partial charge in [-0.2, -0.15) is 17.9 Å². The summed E-state index contributed by atoms with van der Waals surface area (Å²) in [5, 5.41) is 11.6. The lowest BCUT2D eigenvalue weighted by Crippen LogP contribution is -2.26. The minimum Gasteiger partial charge on any atom is -0.618 e. The van der Waals surface area contributed by atoms with Crippen molar-refractivity contribution in [3.63, 3.8) is 0 Å². The Bertz CT molecular complexity index is 551. The molecular weight excluding hydrogens is 221 g/mol. The van der Waals surface area contributed by atoms with Gasteiger partial charge in [0.15, 0.2) is 6.20 Å². The number of halogens is 3. The van der Waals surface area contributed by atoms with E-state index in [-0.39, 0.29) is 11.2 Å². The Balaban J connectivity index is 2.76. The SMILES string of the molecule is Nc1cc[n+]([O-])c2cc(C(F)(F)F)ccc12. The van der Waals surface area contributed by atoms with Crippen LogP contribution < -0.4 is 10.5 Å². The number of fused-ring (bicyclic) bond motifs is 1. The van der Waals surface area contributed by atoms with Gasteiger partial charge in [0.1, 0.15) is 0 Å². The van der Waals surface area contributed by atoms with Crippen LogP contribution in [0.15, 0.2) is 30.5 Å². The van der Waals surface area contributed by atoms with Crippen LogP contribution >= 0.6 is 0 Å². The van der Waals surface area contributed by atoms with Crippen LogP contribution in [0.3, 0.4) is 0 Å². The number of nitrogen functional groups attached to an aromatic ring is 1. The summed E-state index contributed by atoms with van der Waals surface area (Å²) in [7, 11) is 0. The van der Waals surface area contributed by atoms with Crippen LogP contribution in [0.25, 0.3) is 10.9 Å². The molecule has 16 heavy (non-hydrogen) atoms. The van der Waals surface area contributed by atoms with Crippen molar-refractivity contribution in [1.29, 1.82) is 0 Å². The summed E-state index contributed by atoms with van der Waals surface area (Å²) in [6.07, 6.45) is -3.39. The number of pyridine rings is 1. The van der Waals surface area contributed by atoms with Gasteiger partial charge >= 0.3 is 6.18 Å². The van der Waals surface area contributed by atoms with Crippen molar-refractivity contribution in [3.05, 3.63) is 41.2 Å². The fraction of sp³-hybridized carbons (Fsp3) is 0.100. The summed E-state index contributed by atoms with van der Waals surface area (Å²) in [6, 6.07) is 4.24. The molecule has 2 rings (SSSR count). The van der Waals surface area contributed by atoms with Gasteiger partial charge in [-0.1, -0.05) is 0 Å². The molecule has 1 heterocycles. The van der Waals surface area contributed by atoms with Crippen LogP contribution in [0.4, 0.5) is 18.9 Å². The van der Waals surface area contributed by atoms with Crippen LogP contribution in [-0.4, -0.2) is 0 Å². The molecule has 2 aromatic rings. The molecule has 0 spiro atoms. The maximum absolute atomic E-state index is 12.4. The summed E-state index contributed by atoms with van der Waals surface area (Å²) < 4.78 is 37.6. The molecule has 0 aliphatic rings. The van der Waals surface area contributed by atoms with E-state index in [1.54, 1.807) is 0 Å². The van der Waals surface area contributed by atoms with Crippen molar-refractivity contribution in [3.8, 4) is 0 Å². The van der Waals surface area contributed by atoms with Gasteiger partial charge in [-0.15, -0.1) is 0 Å². The van der Waals surface area contributed by atoms with Crippen molar-refractivity contribution in [1.82, 2.24) is 0 Å². The number of anilines is 1. The quantitative estimate of drug-likeness (QED) is 0.554. The molecule has 2 N–H and O–H groups in total. The Labute approximate surface area is 88.5 Å². The van der Waals surface area contributed by atoms with E-state index in [2.05, 4.69) is 0 Å². The molecule has 0 aliphatic carbocycles. The fourth-order valence-electron chi connectivity index (χ4n) is 1.45. The molecule has 3 nitrogen and oxygen atoms in total. The molecule has 0 unspecified atom stereocenters. The average Bonchev–Trinajstić information content (AvgIpc) is 2.22. The molecule has 6 heteroatoms. The van der Waals surface area contributed by atoms with Crippen molar-refractivity contribution >= 4 is 16.6 Å². The smallest absolute Gasteiger partial charge is 0.416 e. The number of nitrogens with zero attached hydrogens (tertiary/aromatic N) is 1. The van der Waals surface area contributed by atoms with Gasteiger partial charge in [-0.3, -0.25) is 0 Å². The lowest BCUT2D eigenvalue weighted by Gasteiger charge is -2.08. The highest BCUT2D eigenvalue weighted by atomic mass is 19.4.